The Bertz CT molecular complexity index is 2540. The van der Waals surface area contributed by atoms with E-state index in [1.54, 1.807) is 0 Å². The first-order valence-electron chi connectivity index (χ1n) is 15.2. The summed E-state index contributed by atoms with van der Waals surface area (Å²) < 4.78 is 4.70. The second kappa shape index (κ2) is 10.3. The van der Waals surface area contributed by atoms with Crippen molar-refractivity contribution in [3.63, 3.8) is 0 Å². The second-order valence-corrected chi connectivity index (χ2v) is 12.0. The van der Waals surface area contributed by atoms with Gasteiger partial charge in [-0.2, -0.15) is 0 Å². The fourth-order valence-electron chi connectivity index (χ4n) is 6.94. The van der Waals surface area contributed by atoms with E-state index in [9.17, 15) is 0 Å². The first-order valence-corrected chi connectivity index (χ1v) is 15.6. The van der Waals surface area contributed by atoms with Gasteiger partial charge in [-0.3, -0.25) is 0 Å². The molecule has 0 radical (unpaired) electrons. The van der Waals surface area contributed by atoms with E-state index in [4.69, 9.17) is 11.6 Å². The maximum Gasteiger partial charge on any atom is 0.0547 e. The van der Waals surface area contributed by atoms with E-state index in [-0.39, 0.29) is 0 Å². The number of aromatic nitrogens is 2. The number of fused-ring (bicyclic) bond motifs is 6. The van der Waals surface area contributed by atoms with Gasteiger partial charge in [0.15, 0.2) is 0 Å². The minimum atomic E-state index is 0.720. The molecule has 7 aromatic carbocycles. The van der Waals surface area contributed by atoms with Crippen LogP contribution in [-0.4, -0.2) is 9.13 Å². The highest BCUT2D eigenvalue weighted by Gasteiger charge is 2.16. The molecule has 45 heavy (non-hydrogen) atoms. The molecule has 0 saturated heterocycles. The largest absolute Gasteiger partial charge is 0.309 e. The average molecular weight is 595 g/mol. The lowest BCUT2D eigenvalue weighted by Crippen LogP contribution is -1.93. The molecule has 9 aromatic rings. The first-order chi connectivity index (χ1) is 22.2. The van der Waals surface area contributed by atoms with Gasteiger partial charge in [0.1, 0.15) is 0 Å². The molecule has 0 aliphatic heterocycles. The van der Waals surface area contributed by atoms with Crippen molar-refractivity contribution in [2.75, 3.05) is 0 Å². The Kier molecular flexibility index (Phi) is 5.90. The van der Waals surface area contributed by atoms with Gasteiger partial charge in [-0.15, -0.1) is 0 Å². The van der Waals surface area contributed by atoms with E-state index in [1.165, 1.54) is 43.6 Å². The van der Waals surface area contributed by atoms with Gasteiger partial charge in [0.2, 0.25) is 0 Å². The molecule has 0 fully saturated rings. The van der Waals surface area contributed by atoms with Crippen LogP contribution in [0.3, 0.4) is 0 Å². The lowest BCUT2D eigenvalue weighted by Gasteiger charge is -2.11. The smallest absolute Gasteiger partial charge is 0.0547 e. The van der Waals surface area contributed by atoms with Gasteiger partial charge >= 0.3 is 0 Å². The normalized spacial score (nSPS) is 11.7. The van der Waals surface area contributed by atoms with Crippen LogP contribution < -0.4 is 0 Å². The lowest BCUT2D eigenvalue weighted by atomic mass is 9.97. The topological polar surface area (TPSA) is 9.86 Å². The predicted molar refractivity (Wildman–Crippen MR) is 191 cm³/mol. The molecule has 0 amide bonds. The molecule has 0 aliphatic carbocycles. The Balaban J connectivity index is 1.21. The molecule has 0 N–H and O–H groups in total. The fourth-order valence-corrected chi connectivity index (χ4v) is 7.17. The number of para-hydroxylation sites is 4. The van der Waals surface area contributed by atoms with Gasteiger partial charge in [-0.05, 0) is 95.1 Å². The maximum atomic E-state index is 6.85. The summed E-state index contributed by atoms with van der Waals surface area (Å²) in [5, 5.41) is 5.67. The third-order valence-electron chi connectivity index (χ3n) is 8.94. The van der Waals surface area contributed by atoms with E-state index in [0.29, 0.717) is 0 Å². The maximum absolute atomic E-state index is 6.85. The molecule has 2 heterocycles. The lowest BCUT2D eigenvalue weighted by molar-refractivity contribution is 1.18. The summed E-state index contributed by atoms with van der Waals surface area (Å²) in [6, 6.07) is 58.4. The summed E-state index contributed by atoms with van der Waals surface area (Å²) in [7, 11) is 0. The molecule has 0 atom stereocenters. The molecule has 0 bridgehead atoms. The fraction of sp³-hybridized carbons (Fsp3) is 0. The number of hydrogen-bond acceptors (Lipinski definition) is 0. The zero-order valence-electron chi connectivity index (χ0n) is 24.4. The van der Waals surface area contributed by atoms with Crippen LogP contribution in [0.2, 0.25) is 5.02 Å². The molecule has 0 unspecified atom stereocenters. The highest BCUT2D eigenvalue weighted by molar-refractivity contribution is 6.31. The second-order valence-electron chi connectivity index (χ2n) is 11.6. The van der Waals surface area contributed by atoms with Crippen LogP contribution in [0.5, 0.6) is 0 Å². The van der Waals surface area contributed by atoms with Gasteiger partial charge in [0.25, 0.3) is 0 Å². The quantitative estimate of drug-likeness (QED) is 0.192. The van der Waals surface area contributed by atoms with E-state index >= 15 is 0 Å². The van der Waals surface area contributed by atoms with Crippen molar-refractivity contribution in [3.05, 3.63) is 169 Å². The summed E-state index contributed by atoms with van der Waals surface area (Å²) >= 11 is 6.85. The molecule has 3 heteroatoms. The van der Waals surface area contributed by atoms with Crippen molar-refractivity contribution < 1.29 is 0 Å². The number of nitrogens with zero attached hydrogens (tertiary/aromatic N) is 2. The molecule has 9 rings (SSSR count). The molecular formula is C42H27ClN2. The van der Waals surface area contributed by atoms with Gasteiger partial charge in [0.05, 0.1) is 22.1 Å². The predicted octanol–water partition coefficient (Wildman–Crippen LogP) is 11.9. The third-order valence-corrected chi connectivity index (χ3v) is 9.16. The zero-order valence-corrected chi connectivity index (χ0v) is 25.1. The van der Waals surface area contributed by atoms with Crippen LogP contribution in [0.25, 0.3) is 77.2 Å². The highest BCUT2D eigenvalue weighted by Crippen LogP contribution is 2.39. The van der Waals surface area contributed by atoms with Gasteiger partial charge in [-0.25, -0.2) is 0 Å². The Morgan fingerprint density at radius 1 is 0.311 bits per heavy atom. The van der Waals surface area contributed by atoms with Crippen LogP contribution >= 0.6 is 11.6 Å². The van der Waals surface area contributed by atoms with Crippen LogP contribution in [-0.2, 0) is 0 Å². The average Bonchev–Trinajstić information content (AvgIpc) is 3.61. The molecule has 212 valence electrons. The number of rotatable bonds is 4. The van der Waals surface area contributed by atoms with E-state index < -0.39 is 0 Å². The standard InChI is InChI=1S/C42H27ClN2/c43-32-24-30(28-20-22-41-38(26-28)36-16-8-10-18-40(36)44(41)33-11-3-1-4-12-33)23-31(25-32)29-19-21-37-35-15-7-9-17-39(35)45(42(37)27-29)34-13-5-2-6-14-34/h1-27H. The summed E-state index contributed by atoms with van der Waals surface area (Å²) in [5.41, 5.74) is 11.5. The van der Waals surface area contributed by atoms with E-state index in [0.717, 1.165) is 38.7 Å². The molecule has 0 saturated carbocycles. The Morgan fingerprint density at radius 3 is 1.42 bits per heavy atom. The van der Waals surface area contributed by atoms with Crippen molar-refractivity contribution in [3.8, 4) is 33.6 Å². The van der Waals surface area contributed by atoms with Crippen LogP contribution in [0.4, 0.5) is 0 Å². The molecular weight excluding hydrogens is 568 g/mol. The van der Waals surface area contributed by atoms with Crippen LogP contribution in [0.15, 0.2) is 164 Å². The van der Waals surface area contributed by atoms with Crippen molar-refractivity contribution in [2.45, 2.75) is 0 Å². The summed E-state index contributed by atoms with van der Waals surface area (Å²) in [5.74, 6) is 0. The Hall–Kier alpha value is -5.57. The van der Waals surface area contributed by atoms with Gasteiger partial charge in [0, 0.05) is 37.9 Å². The van der Waals surface area contributed by atoms with E-state index in [2.05, 4.69) is 173 Å². The Morgan fingerprint density at radius 2 is 0.778 bits per heavy atom. The molecule has 2 nitrogen and oxygen atoms in total. The van der Waals surface area contributed by atoms with Crippen molar-refractivity contribution in [1.29, 1.82) is 0 Å². The third kappa shape index (κ3) is 4.18. The van der Waals surface area contributed by atoms with Crippen LogP contribution in [0.1, 0.15) is 0 Å². The van der Waals surface area contributed by atoms with Crippen molar-refractivity contribution in [2.24, 2.45) is 0 Å². The molecule has 0 aliphatic rings. The minimum Gasteiger partial charge on any atom is -0.309 e. The highest BCUT2D eigenvalue weighted by atomic mass is 35.5. The van der Waals surface area contributed by atoms with Crippen LogP contribution in [0, 0.1) is 0 Å². The summed E-state index contributed by atoms with van der Waals surface area (Å²) in [6.45, 7) is 0. The number of hydrogen-bond donors (Lipinski definition) is 0. The molecule has 0 spiro atoms. The SMILES string of the molecule is Clc1cc(-c2ccc3c(c2)c2ccccc2n3-c2ccccc2)cc(-c2ccc3c4ccccc4n(-c4ccccc4)c3c2)c1. The zero-order chi connectivity index (χ0) is 29.9. The summed E-state index contributed by atoms with van der Waals surface area (Å²) in [4.78, 5) is 0. The molecule has 2 aromatic heterocycles. The monoisotopic (exact) mass is 594 g/mol. The van der Waals surface area contributed by atoms with Crippen molar-refractivity contribution in [1.82, 2.24) is 9.13 Å². The first kappa shape index (κ1) is 25.9. The van der Waals surface area contributed by atoms with Crippen molar-refractivity contribution >= 4 is 55.2 Å². The van der Waals surface area contributed by atoms with E-state index in [1.807, 2.05) is 0 Å². The number of benzene rings is 7. The van der Waals surface area contributed by atoms with Gasteiger partial charge in [-0.1, -0.05) is 103 Å². The summed E-state index contributed by atoms with van der Waals surface area (Å²) in [6.07, 6.45) is 0. The number of halogens is 1. The Labute approximate surface area is 266 Å². The minimum absolute atomic E-state index is 0.720. The van der Waals surface area contributed by atoms with Gasteiger partial charge < -0.3 is 9.13 Å².